The molecule has 0 heterocycles. The molecule has 0 N–H and O–H groups in total. The molecule has 0 saturated carbocycles. The van der Waals surface area contributed by atoms with Crippen molar-refractivity contribution in [2.24, 2.45) is 0 Å². The predicted molar refractivity (Wildman–Crippen MR) is 54.1 cm³/mol. The average molecular weight is 205 g/mol. The lowest BCUT2D eigenvalue weighted by atomic mass is 10.1. The molecule has 2 nitrogen and oxygen atoms in total. The maximum absolute atomic E-state index is 10.1. The van der Waals surface area contributed by atoms with Crippen LogP contribution in [0.25, 0.3) is 0 Å². The van der Waals surface area contributed by atoms with E-state index in [1.165, 1.54) is 0 Å². The maximum Gasteiger partial charge on any atom is 0.137 e. The van der Waals surface area contributed by atoms with Gasteiger partial charge in [0.05, 0.1) is 5.38 Å². The molecule has 0 aromatic rings. The van der Waals surface area contributed by atoms with Gasteiger partial charge in [-0.1, -0.05) is 25.7 Å². The molecular weight excluding hydrogens is 188 g/mol. The zero-order chi connectivity index (χ0) is 9.94. The summed E-state index contributed by atoms with van der Waals surface area (Å²) in [7, 11) is 0. The van der Waals surface area contributed by atoms with E-state index < -0.39 is 0 Å². The topological polar surface area (TPSA) is 34.1 Å². The number of carbonyl (C=O) groups is 2. The van der Waals surface area contributed by atoms with Gasteiger partial charge in [-0.15, -0.1) is 11.6 Å². The summed E-state index contributed by atoms with van der Waals surface area (Å²) in [5.74, 6) is 0. The smallest absolute Gasteiger partial charge is 0.137 e. The molecule has 0 fully saturated rings. The third kappa shape index (κ3) is 9.54. The van der Waals surface area contributed by atoms with Crippen molar-refractivity contribution in [2.45, 2.75) is 50.3 Å². The van der Waals surface area contributed by atoms with E-state index in [1.807, 2.05) is 0 Å². The fourth-order valence-electron chi connectivity index (χ4n) is 1.17. The minimum Gasteiger partial charge on any atom is -0.303 e. The number of rotatable bonds is 9. The lowest BCUT2D eigenvalue weighted by Gasteiger charge is -2.01. The fraction of sp³-hybridized carbons (Fsp3) is 0.800. The van der Waals surface area contributed by atoms with E-state index in [0.717, 1.165) is 51.1 Å². The van der Waals surface area contributed by atoms with Crippen LogP contribution in [0.3, 0.4) is 0 Å². The Hall–Kier alpha value is -0.370. The van der Waals surface area contributed by atoms with Crippen LogP contribution in [0.5, 0.6) is 0 Å². The molecule has 1 atom stereocenters. The van der Waals surface area contributed by atoms with Gasteiger partial charge in [0.2, 0.25) is 0 Å². The van der Waals surface area contributed by atoms with Crippen LogP contribution in [0.4, 0.5) is 0 Å². The van der Waals surface area contributed by atoms with Crippen molar-refractivity contribution >= 4 is 24.2 Å². The minimum atomic E-state index is -0.310. The number of hydrogen-bond acceptors (Lipinski definition) is 2. The Morgan fingerprint density at radius 2 is 1.62 bits per heavy atom. The Bertz CT molecular complexity index is 137. The standard InChI is InChI=1S/C10H17ClO2/c11-10(9-13)7-5-3-1-2-4-6-8-12/h8-10H,1-7H2. The Morgan fingerprint density at radius 3 is 2.23 bits per heavy atom. The Balaban J connectivity index is 2.99. The van der Waals surface area contributed by atoms with Crippen molar-refractivity contribution < 1.29 is 9.59 Å². The second-order valence-corrected chi connectivity index (χ2v) is 3.72. The molecule has 0 radical (unpaired) electrons. The first-order valence-corrected chi connectivity index (χ1v) is 5.28. The molecule has 0 saturated heterocycles. The van der Waals surface area contributed by atoms with Gasteiger partial charge in [0.1, 0.15) is 12.6 Å². The third-order valence-corrected chi connectivity index (χ3v) is 2.27. The van der Waals surface area contributed by atoms with Gasteiger partial charge in [-0.25, -0.2) is 0 Å². The van der Waals surface area contributed by atoms with Crippen LogP contribution in [-0.4, -0.2) is 17.9 Å². The van der Waals surface area contributed by atoms with Gasteiger partial charge < -0.3 is 9.59 Å². The first-order valence-electron chi connectivity index (χ1n) is 4.84. The highest BCUT2D eigenvalue weighted by atomic mass is 35.5. The van der Waals surface area contributed by atoms with E-state index in [2.05, 4.69) is 0 Å². The van der Waals surface area contributed by atoms with E-state index in [0.29, 0.717) is 6.42 Å². The number of halogens is 1. The van der Waals surface area contributed by atoms with Gasteiger partial charge in [-0.2, -0.15) is 0 Å². The van der Waals surface area contributed by atoms with Gasteiger partial charge in [-0.3, -0.25) is 0 Å². The molecule has 13 heavy (non-hydrogen) atoms. The van der Waals surface area contributed by atoms with Gasteiger partial charge in [0.15, 0.2) is 0 Å². The van der Waals surface area contributed by atoms with Crippen LogP contribution >= 0.6 is 11.6 Å². The molecule has 0 rings (SSSR count). The van der Waals surface area contributed by atoms with Crippen LogP contribution < -0.4 is 0 Å². The van der Waals surface area contributed by atoms with Gasteiger partial charge in [-0.05, 0) is 12.8 Å². The summed E-state index contributed by atoms with van der Waals surface area (Å²) in [5, 5.41) is -0.310. The number of alkyl halides is 1. The van der Waals surface area contributed by atoms with Crippen LogP contribution in [0.2, 0.25) is 0 Å². The second kappa shape index (κ2) is 9.72. The zero-order valence-corrected chi connectivity index (χ0v) is 8.63. The molecule has 0 bridgehead atoms. The Labute approximate surface area is 84.7 Å². The molecule has 76 valence electrons. The summed E-state index contributed by atoms with van der Waals surface area (Å²) in [4.78, 5) is 20.1. The Kier molecular flexibility index (Phi) is 9.44. The summed E-state index contributed by atoms with van der Waals surface area (Å²) < 4.78 is 0. The fourth-order valence-corrected chi connectivity index (χ4v) is 1.32. The zero-order valence-electron chi connectivity index (χ0n) is 7.88. The van der Waals surface area contributed by atoms with Crippen molar-refractivity contribution in [1.82, 2.24) is 0 Å². The van der Waals surface area contributed by atoms with Crippen LogP contribution in [0, 0.1) is 0 Å². The van der Waals surface area contributed by atoms with E-state index in [-0.39, 0.29) is 5.38 Å². The normalized spacial score (nSPS) is 12.4. The first-order chi connectivity index (χ1) is 6.31. The summed E-state index contributed by atoms with van der Waals surface area (Å²) >= 11 is 5.61. The van der Waals surface area contributed by atoms with Crippen LogP contribution in [-0.2, 0) is 9.59 Å². The molecule has 0 aromatic carbocycles. The average Bonchev–Trinajstić information content (AvgIpc) is 2.16. The van der Waals surface area contributed by atoms with E-state index in [4.69, 9.17) is 11.6 Å². The van der Waals surface area contributed by atoms with Crippen molar-refractivity contribution in [3.63, 3.8) is 0 Å². The monoisotopic (exact) mass is 204 g/mol. The number of unbranched alkanes of at least 4 members (excludes halogenated alkanes) is 5. The Morgan fingerprint density at radius 1 is 1.00 bits per heavy atom. The number of hydrogen-bond donors (Lipinski definition) is 0. The SMILES string of the molecule is O=CCCCCCCCC(Cl)C=O. The molecule has 0 aromatic heterocycles. The van der Waals surface area contributed by atoms with Crippen molar-refractivity contribution in [1.29, 1.82) is 0 Å². The van der Waals surface area contributed by atoms with Gasteiger partial charge >= 0.3 is 0 Å². The van der Waals surface area contributed by atoms with Crippen molar-refractivity contribution in [3.05, 3.63) is 0 Å². The second-order valence-electron chi connectivity index (χ2n) is 3.16. The summed E-state index contributed by atoms with van der Waals surface area (Å²) in [6.45, 7) is 0. The quantitative estimate of drug-likeness (QED) is 0.329. The number of aldehydes is 2. The number of carbonyl (C=O) groups excluding carboxylic acids is 2. The van der Waals surface area contributed by atoms with Gasteiger partial charge in [0, 0.05) is 6.42 Å². The van der Waals surface area contributed by atoms with Crippen molar-refractivity contribution in [3.8, 4) is 0 Å². The highest BCUT2D eigenvalue weighted by Gasteiger charge is 2.00. The third-order valence-electron chi connectivity index (χ3n) is 1.95. The molecule has 0 spiro atoms. The van der Waals surface area contributed by atoms with Gasteiger partial charge in [0.25, 0.3) is 0 Å². The molecule has 1 unspecified atom stereocenters. The largest absolute Gasteiger partial charge is 0.303 e. The minimum absolute atomic E-state index is 0.310. The van der Waals surface area contributed by atoms with E-state index in [1.54, 1.807) is 0 Å². The van der Waals surface area contributed by atoms with E-state index in [9.17, 15) is 9.59 Å². The molecule has 3 heteroatoms. The first kappa shape index (κ1) is 12.6. The molecular formula is C10H17ClO2. The lowest BCUT2D eigenvalue weighted by molar-refractivity contribution is -0.108. The van der Waals surface area contributed by atoms with Crippen molar-refractivity contribution in [2.75, 3.05) is 0 Å². The summed E-state index contributed by atoms with van der Waals surface area (Å²) in [5.41, 5.74) is 0. The lowest BCUT2D eigenvalue weighted by Crippen LogP contribution is -1.98. The molecule has 0 aliphatic heterocycles. The summed E-state index contributed by atoms with van der Waals surface area (Å²) in [6.07, 6.45) is 8.54. The van der Waals surface area contributed by atoms with Crippen LogP contribution in [0.1, 0.15) is 44.9 Å². The maximum atomic E-state index is 10.1. The molecule has 0 aliphatic rings. The summed E-state index contributed by atoms with van der Waals surface area (Å²) in [6, 6.07) is 0. The molecule has 0 aliphatic carbocycles. The predicted octanol–water partition coefficient (Wildman–Crippen LogP) is 2.72. The highest BCUT2D eigenvalue weighted by Crippen LogP contribution is 2.09. The molecule has 0 amide bonds. The van der Waals surface area contributed by atoms with Crippen LogP contribution in [0.15, 0.2) is 0 Å². The highest BCUT2D eigenvalue weighted by molar-refractivity contribution is 6.27. The van der Waals surface area contributed by atoms with E-state index >= 15 is 0 Å².